The Morgan fingerprint density at radius 2 is 1.89 bits per heavy atom. The number of carbonyl (C=O) groups excluding carboxylic acids is 2. The maximum absolute atomic E-state index is 11.6. The molecule has 98 valence electrons. The van der Waals surface area contributed by atoms with Crippen molar-refractivity contribution in [2.24, 2.45) is 0 Å². The van der Waals surface area contributed by atoms with Crippen LogP contribution in [0.5, 0.6) is 0 Å². The molecule has 1 aromatic rings. The Morgan fingerprint density at radius 3 is 2.44 bits per heavy atom. The standard InChI is InChI=1S/C13H19N3O2/c1-3-16(2)13(18)9-15-12(17)8-10-4-6-11(14)7-5-10/h4-7H,3,8-9,14H2,1-2H3,(H,15,17). The summed E-state index contributed by atoms with van der Waals surface area (Å²) in [5, 5.41) is 2.60. The molecular formula is C13H19N3O2. The predicted molar refractivity (Wildman–Crippen MR) is 70.9 cm³/mol. The summed E-state index contributed by atoms with van der Waals surface area (Å²) in [5.41, 5.74) is 7.09. The third-order valence-electron chi connectivity index (χ3n) is 2.68. The Labute approximate surface area is 107 Å². The van der Waals surface area contributed by atoms with Crippen molar-refractivity contribution in [1.82, 2.24) is 10.2 Å². The molecule has 0 fully saturated rings. The van der Waals surface area contributed by atoms with Gasteiger partial charge in [-0.3, -0.25) is 9.59 Å². The number of amides is 2. The van der Waals surface area contributed by atoms with Gasteiger partial charge in [0.1, 0.15) is 0 Å². The average molecular weight is 249 g/mol. The molecule has 0 heterocycles. The Morgan fingerprint density at radius 1 is 1.28 bits per heavy atom. The first kappa shape index (κ1) is 14.0. The molecule has 0 aliphatic heterocycles. The normalized spacial score (nSPS) is 9.89. The Hall–Kier alpha value is -2.04. The fraction of sp³-hybridized carbons (Fsp3) is 0.385. The zero-order chi connectivity index (χ0) is 13.5. The molecule has 5 nitrogen and oxygen atoms in total. The fourth-order valence-electron chi connectivity index (χ4n) is 1.37. The van der Waals surface area contributed by atoms with Crippen molar-refractivity contribution in [2.75, 3.05) is 25.9 Å². The second-order valence-electron chi connectivity index (χ2n) is 4.10. The van der Waals surface area contributed by atoms with Crippen molar-refractivity contribution in [3.63, 3.8) is 0 Å². The van der Waals surface area contributed by atoms with Crippen molar-refractivity contribution >= 4 is 17.5 Å². The van der Waals surface area contributed by atoms with Crippen LogP contribution in [0.1, 0.15) is 12.5 Å². The highest BCUT2D eigenvalue weighted by Gasteiger charge is 2.09. The first-order chi connectivity index (χ1) is 8.52. The Bertz CT molecular complexity index is 415. The van der Waals surface area contributed by atoms with Gasteiger partial charge < -0.3 is 16.0 Å². The van der Waals surface area contributed by atoms with Gasteiger partial charge in [0, 0.05) is 19.3 Å². The number of rotatable bonds is 5. The minimum atomic E-state index is -0.169. The quantitative estimate of drug-likeness (QED) is 0.742. The molecule has 1 aromatic carbocycles. The summed E-state index contributed by atoms with van der Waals surface area (Å²) in [6.07, 6.45) is 0.253. The lowest BCUT2D eigenvalue weighted by Gasteiger charge is -2.14. The van der Waals surface area contributed by atoms with E-state index in [1.54, 1.807) is 36.2 Å². The van der Waals surface area contributed by atoms with Crippen LogP contribution in [-0.2, 0) is 16.0 Å². The molecule has 0 aromatic heterocycles. The summed E-state index contributed by atoms with van der Waals surface area (Å²) < 4.78 is 0. The number of nitrogens with one attached hydrogen (secondary N) is 1. The highest BCUT2D eigenvalue weighted by molar-refractivity contribution is 5.85. The van der Waals surface area contributed by atoms with Gasteiger partial charge in [-0.05, 0) is 24.6 Å². The predicted octanol–water partition coefficient (Wildman–Crippen LogP) is 0.406. The SMILES string of the molecule is CCN(C)C(=O)CNC(=O)Cc1ccc(N)cc1. The van der Waals surface area contributed by atoms with E-state index in [0.29, 0.717) is 12.2 Å². The molecule has 3 N–H and O–H groups in total. The number of carbonyl (C=O) groups is 2. The van der Waals surface area contributed by atoms with E-state index in [4.69, 9.17) is 5.73 Å². The summed E-state index contributed by atoms with van der Waals surface area (Å²) in [4.78, 5) is 24.6. The molecule has 1 rings (SSSR count). The van der Waals surface area contributed by atoms with Gasteiger partial charge in [-0.25, -0.2) is 0 Å². The number of nitrogens with zero attached hydrogens (tertiary/aromatic N) is 1. The molecule has 0 aliphatic rings. The second kappa shape index (κ2) is 6.64. The van der Waals surface area contributed by atoms with Crippen LogP contribution in [0.3, 0.4) is 0 Å². The number of hydrogen-bond acceptors (Lipinski definition) is 3. The van der Waals surface area contributed by atoms with Gasteiger partial charge in [-0.15, -0.1) is 0 Å². The van der Waals surface area contributed by atoms with E-state index in [2.05, 4.69) is 5.32 Å². The van der Waals surface area contributed by atoms with Crippen LogP contribution >= 0.6 is 0 Å². The van der Waals surface area contributed by atoms with Crippen molar-refractivity contribution in [3.8, 4) is 0 Å². The third-order valence-corrected chi connectivity index (χ3v) is 2.68. The summed E-state index contributed by atoms with van der Waals surface area (Å²) >= 11 is 0. The van der Waals surface area contributed by atoms with Crippen molar-refractivity contribution < 1.29 is 9.59 Å². The first-order valence-electron chi connectivity index (χ1n) is 5.88. The second-order valence-corrected chi connectivity index (χ2v) is 4.10. The molecule has 5 heteroatoms. The monoisotopic (exact) mass is 249 g/mol. The van der Waals surface area contributed by atoms with Crippen molar-refractivity contribution in [2.45, 2.75) is 13.3 Å². The highest BCUT2D eigenvalue weighted by atomic mass is 16.2. The van der Waals surface area contributed by atoms with Crippen molar-refractivity contribution in [1.29, 1.82) is 0 Å². The maximum Gasteiger partial charge on any atom is 0.241 e. The van der Waals surface area contributed by atoms with Crippen LogP contribution in [0.4, 0.5) is 5.69 Å². The molecule has 0 aliphatic carbocycles. The van der Waals surface area contributed by atoms with E-state index in [1.807, 2.05) is 6.92 Å². The number of nitrogen functional groups attached to an aromatic ring is 1. The highest BCUT2D eigenvalue weighted by Crippen LogP contribution is 2.05. The molecule has 0 saturated carbocycles. The van der Waals surface area contributed by atoms with Gasteiger partial charge in [0.15, 0.2) is 0 Å². The van der Waals surface area contributed by atoms with Gasteiger partial charge in [-0.2, -0.15) is 0 Å². The fourth-order valence-corrected chi connectivity index (χ4v) is 1.37. The first-order valence-corrected chi connectivity index (χ1v) is 5.88. The average Bonchev–Trinajstić information content (AvgIpc) is 2.37. The summed E-state index contributed by atoms with van der Waals surface area (Å²) in [6, 6.07) is 7.10. The Balaban J connectivity index is 2.38. The summed E-state index contributed by atoms with van der Waals surface area (Å²) in [7, 11) is 1.70. The van der Waals surface area contributed by atoms with Gasteiger partial charge in [0.2, 0.25) is 11.8 Å². The minimum absolute atomic E-state index is 0.0398. The molecule has 2 amide bonds. The summed E-state index contributed by atoms with van der Waals surface area (Å²) in [6.45, 7) is 2.55. The van der Waals surface area contributed by atoms with Crippen LogP contribution in [-0.4, -0.2) is 36.9 Å². The van der Waals surface area contributed by atoms with E-state index in [-0.39, 0.29) is 24.8 Å². The molecule has 0 saturated heterocycles. The molecule has 0 unspecified atom stereocenters. The lowest BCUT2D eigenvalue weighted by molar-refractivity contribution is -0.131. The van der Waals surface area contributed by atoms with E-state index >= 15 is 0 Å². The largest absolute Gasteiger partial charge is 0.399 e. The van der Waals surface area contributed by atoms with Gasteiger partial charge >= 0.3 is 0 Å². The van der Waals surface area contributed by atoms with Crippen LogP contribution in [0, 0.1) is 0 Å². The molecule has 0 atom stereocenters. The van der Waals surface area contributed by atoms with Gasteiger partial charge in [0.25, 0.3) is 0 Å². The zero-order valence-corrected chi connectivity index (χ0v) is 10.8. The number of likely N-dealkylation sites (N-methyl/N-ethyl adjacent to an activating group) is 1. The Kier molecular flexibility index (Phi) is 5.17. The van der Waals surface area contributed by atoms with Crippen LogP contribution in [0.2, 0.25) is 0 Å². The van der Waals surface area contributed by atoms with E-state index < -0.39 is 0 Å². The molecule has 18 heavy (non-hydrogen) atoms. The smallest absolute Gasteiger partial charge is 0.241 e. The van der Waals surface area contributed by atoms with E-state index in [9.17, 15) is 9.59 Å². The lowest BCUT2D eigenvalue weighted by Crippen LogP contribution is -2.38. The topological polar surface area (TPSA) is 75.4 Å². The maximum atomic E-state index is 11.6. The summed E-state index contributed by atoms with van der Waals surface area (Å²) in [5.74, 6) is -0.263. The number of hydrogen-bond donors (Lipinski definition) is 2. The number of benzene rings is 1. The minimum Gasteiger partial charge on any atom is -0.399 e. The molecule has 0 spiro atoms. The zero-order valence-electron chi connectivity index (χ0n) is 10.8. The van der Waals surface area contributed by atoms with E-state index in [1.165, 1.54) is 0 Å². The number of anilines is 1. The van der Waals surface area contributed by atoms with Crippen LogP contribution < -0.4 is 11.1 Å². The number of nitrogens with two attached hydrogens (primary N) is 1. The van der Waals surface area contributed by atoms with Crippen LogP contribution in [0.15, 0.2) is 24.3 Å². The lowest BCUT2D eigenvalue weighted by atomic mass is 10.1. The van der Waals surface area contributed by atoms with Crippen molar-refractivity contribution in [3.05, 3.63) is 29.8 Å². The third kappa shape index (κ3) is 4.45. The molecule has 0 bridgehead atoms. The molecule has 0 radical (unpaired) electrons. The van der Waals surface area contributed by atoms with Gasteiger partial charge in [0.05, 0.1) is 13.0 Å². The molecular weight excluding hydrogens is 230 g/mol. The van der Waals surface area contributed by atoms with Crippen LogP contribution in [0.25, 0.3) is 0 Å². The van der Waals surface area contributed by atoms with E-state index in [0.717, 1.165) is 5.56 Å². The van der Waals surface area contributed by atoms with Gasteiger partial charge in [-0.1, -0.05) is 12.1 Å².